The maximum Gasteiger partial charge on any atom is 0.290 e. The lowest BCUT2D eigenvalue weighted by molar-refractivity contribution is 0.0919. The highest BCUT2D eigenvalue weighted by molar-refractivity contribution is 5.91. The summed E-state index contributed by atoms with van der Waals surface area (Å²) in [6.45, 7) is 3.56. The molecule has 0 bridgehead atoms. The third-order valence-corrected chi connectivity index (χ3v) is 3.11. The van der Waals surface area contributed by atoms with Crippen LogP contribution in [0.1, 0.15) is 22.5 Å². The summed E-state index contributed by atoms with van der Waals surface area (Å²) >= 11 is 0. The Labute approximate surface area is 130 Å². The van der Waals surface area contributed by atoms with Crippen LogP contribution in [0.15, 0.2) is 40.8 Å². The van der Waals surface area contributed by atoms with Crippen LogP contribution in [0.2, 0.25) is 0 Å². The predicted octanol–water partition coefficient (Wildman–Crippen LogP) is 3.06. The van der Waals surface area contributed by atoms with Gasteiger partial charge in [0.25, 0.3) is 11.9 Å². The van der Waals surface area contributed by atoms with Gasteiger partial charge in [-0.1, -0.05) is 17.7 Å². The summed E-state index contributed by atoms with van der Waals surface area (Å²) in [4.78, 5) is 14.0. The van der Waals surface area contributed by atoms with E-state index in [1.54, 1.807) is 12.1 Å². The van der Waals surface area contributed by atoms with Gasteiger partial charge in [0.2, 0.25) is 0 Å². The second-order valence-electron chi connectivity index (χ2n) is 5.45. The van der Waals surface area contributed by atoms with Gasteiger partial charge in [0.1, 0.15) is 5.75 Å². The minimum absolute atomic E-state index is 0.225. The fraction of sp³-hybridized carbons (Fsp3) is 0.353. The molecule has 1 aromatic heterocycles. The third kappa shape index (κ3) is 4.93. The Hall–Kier alpha value is -2.27. The molecule has 22 heavy (non-hydrogen) atoms. The monoisotopic (exact) mass is 302 g/mol. The molecule has 0 aliphatic rings. The van der Waals surface area contributed by atoms with Gasteiger partial charge in [0.05, 0.1) is 0 Å². The summed E-state index contributed by atoms with van der Waals surface area (Å²) in [6.07, 6.45) is 0.895. The third-order valence-electron chi connectivity index (χ3n) is 3.11. The molecular weight excluding hydrogens is 280 g/mol. The number of nitrogens with zero attached hydrogens (tertiary/aromatic N) is 1. The van der Waals surface area contributed by atoms with Crippen molar-refractivity contribution >= 4 is 5.91 Å². The number of carbonyl (C=O) groups excluding carboxylic acids is 1. The first-order valence-corrected chi connectivity index (χ1v) is 7.32. The zero-order valence-electron chi connectivity index (χ0n) is 13.3. The Balaban J connectivity index is 1.85. The van der Waals surface area contributed by atoms with E-state index in [-0.39, 0.29) is 11.7 Å². The second kappa shape index (κ2) is 7.66. The zero-order valence-corrected chi connectivity index (χ0v) is 13.3. The van der Waals surface area contributed by atoms with Crippen LogP contribution in [0, 0.1) is 6.92 Å². The van der Waals surface area contributed by atoms with E-state index in [9.17, 15) is 4.79 Å². The average Bonchev–Trinajstić information content (AvgIpc) is 2.94. The smallest absolute Gasteiger partial charge is 0.290 e. The van der Waals surface area contributed by atoms with Crippen LogP contribution >= 0.6 is 0 Å². The molecule has 2 aromatic rings. The summed E-state index contributed by atoms with van der Waals surface area (Å²) in [6, 6.07) is 10.9. The number of carbonyl (C=O) groups is 1. The molecule has 0 aliphatic heterocycles. The molecule has 1 heterocycles. The molecular formula is C17H22N2O3. The molecule has 0 saturated carbocycles. The molecule has 0 saturated heterocycles. The van der Waals surface area contributed by atoms with Gasteiger partial charge in [-0.25, -0.2) is 0 Å². The molecule has 0 unspecified atom stereocenters. The molecule has 5 nitrogen and oxygen atoms in total. The highest BCUT2D eigenvalue weighted by atomic mass is 16.6. The predicted molar refractivity (Wildman–Crippen MR) is 85.5 cm³/mol. The molecule has 0 aliphatic carbocycles. The van der Waals surface area contributed by atoms with Gasteiger partial charge in [0, 0.05) is 12.6 Å². The maximum atomic E-state index is 11.9. The molecule has 0 spiro atoms. The standard InChI is InChI=1S/C17H22N2O3/c1-13-5-7-14(8-6-13)21-16-10-9-15(22-16)17(20)18-11-4-12-19(2)3/h5-10H,4,11-12H2,1-3H3,(H,18,20). The summed E-state index contributed by atoms with van der Waals surface area (Å²) in [7, 11) is 4.01. The van der Waals surface area contributed by atoms with Crippen molar-refractivity contribution in [3.05, 3.63) is 47.7 Å². The van der Waals surface area contributed by atoms with Crippen LogP contribution in [-0.4, -0.2) is 38.0 Å². The van der Waals surface area contributed by atoms with Crippen molar-refractivity contribution in [2.24, 2.45) is 0 Å². The number of hydrogen-bond acceptors (Lipinski definition) is 4. The Kier molecular flexibility index (Phi) is 5.61. The summed E-state index contributed by atoms with van der Waals surface area (Å²) < 4.78 is 11.0. The number of nitrogens with one attached hydrogen (secondary N) is 1. The van der Waals surface area contributed by atoms with E-state index in [0.29, 0.717) is 18.2 Å². The molecule has 1 amide bonds. The van der Waals surface area contributed by atoms with Gasteiger partial charge in [-0.05, 0) is 52.2 Å². The number of aryl methyl sites for hydroxylation is 1. The van der Waals surface area contributed by atoms with E-state index in [4.69, 9.17) is 9.15 Å². The van der Waals surface area contributed by atoms with Crippen LogP contribution in [0.4, 0.5) is 0 Å². The van der Waals surface area contributed by atoms with Crippen LogP contribution in [-0.2, 0) is 0 Å². The summed E-state index contributed by atoms with van der Waals surface area (Å²) in [5, 5.41) is 2.82. The number of benzene rings is 1. The van der Waals surface area contributed by atoms with Crippen molar-refractivity contribution in [3.63, 3.8) is 0 Å². The van der Waals surface area contributed by atoms with Crippen LogP contribution in [0.5, 0.6) is 11.7 Å². The number of amides is 1. The number of hydrogen-bond donors (Lipinski definition) is 1. The molecule has 2 rings (SSSR count). The molecule has 118 valence electrons. The summed E-state index contributed by atoms with van der Waals surface area (Å²) in [5.74, 6) is 1.02. The topological polar surface area (TPSA) is 54.7 Å². The van der Waals surface area contributed by atoms with Crippen molar-refractivity contribution in [1.82, 2.24) is 10.2 Å². The fourth-order valence-electron chi connectivity index (χ4n) is 1.90. The van der Waals surface area contributed by atoms with Gasteiger partial charge in [-0.3, -0.25) is 4.79 Å². The fourth-order valence-corrected chi connectivity index (χ4v) is 1.90. The minimum Gasteiger partial charge on any atom is -0.426 e. The normalized spacial score (nSPS) is 10.7. The Morgan fingerprint density at radius 1 is 1.18 bits per heavy atom. The molecule has 0 radical (unpaired) electrons. The summed E-state index contributed by atoms with van der Waals surface area (Å²) in [5.41, 5.74) is 1.16. The van der Waals surface area contributed by atoms with Crippen molar-refractivity contribution in [1.29, 1.82) is 0 Å². The molecule has 5 heteroatoms. The molecule has 0 atom stereocenters. The van der Waals surface area contributed by atoms with Crippen molar-refractivity contribution in [2.45, 2.75) is 13.3 Å². The number of ether oxygens (including phenoxy) is 1. The number of furan rings is 1. The van der Waals surface area contributed by atoms with Crippen molar-refractivity contribution in [2.75, 3.05) is 27.2 Å². The molecule has 1 N–H and O–H groups in total. The van der Waals surface area contributed by atoms with Crippen molar-refractivity contribution < 1.29 is 13.9 Å². The van der Waals surface area contributed by atoms with E-state index >= 15 is 0 Å². The van der Waals surface area contributed by atoms with Crippen molar-refractivity contribution in [3.8, 4) is 11.7 Å². The SMILES string of the molecule is Cc1ccc(Oc2ccc(C(=O)NCCCN(C)C)o2)cc1. The van der Waals surface area contributed by atoms with E-state index in [0.717, 1.165) is 18.5 Å². The Morgan fingerprint density at radius 2 is 1.91 bits per heavy atom. The van der Waals surface area contributed by atoms with Gasteiger partial charge in [0.15, 0.2) is 5.76 Å². The minimum atomic E-state index is -0.225. The molecule has 1 aromatic carbocycles. The van der Waals surface area contributed by atoms with E-state index in [1.165, 1.54) is 0 Å². The lowest BCUT2D eigenvalue weighted by Gasteiger charge is -2.09. The van der Waals surface area contributed by atoms with Crippen LogP contribution in [0.3, 0.4) is 0 Å². The average molecular weight is 302 g/mol. The lowest BCUT2D eigenvalue weighted by atomic mass is 10.2. The molecule has 0 fully saturated rings. The van der Waals surface area contributed by atoms with Crippen LogP contribution in [0.25, 0.3) is 0 Å². The Bertz CT molecular complexity index is 603. The first kappa shape index (κ1) is 16.1. The second-order valence-corrected chi connectivity index (χ2v) is 5.45. The largest absolute Gasteiger partial charge is 0.426 e. The van der Waals surface area contributed by atoms with E-state index < -0.39 is 0 Å². The van der Waals surface area contributed by atoms with Gasteiger partial charge < -0.3 is 19.4 Å². The van der Waals surface area contributed by atoms with Crippen LogP contribution < -0.4 is 10.1 Å². The first-order chi connectivity index (χ1) is 10.5. The maximum absolute atomic E-state index is 11.9. The Morgan fingerprint density at radius 3 is 2.59 bits per heavy atom. The van der Waals surface area contributed by atoms with Gasteiger partial charge >= 0.3 is 0 Å². The highest BCUT2D eigenvalue weighted by Crippen LogP contribution is 2.23. The number of rotatable bonds is 7. The first-order valence-electron chi connectivity index (χ1n) is 7.32. The quantitative estimate of drug-likeness (QED) is 0.799. The zero-order chi connectivity index (χ0) is 15.9. The highest BCUT2D eigenvalue weighted by Gasteiger charge is 2.11. The van der Waals surface area contributed by atoms with E-state index in [2.05, 4.69) is 10.2 Å². The van der Waals surface area contributed by atoms with Gasteiger partial charge in [-0.15, -0.1) is 0 Å². The lowest BCUT2D eigenvalue weighted by Crippen LogP contribution is -2.26. The van der Waals surface area contributed by atoms with E-state index in [1.807, 2.05) is 45.3 Å². The van der Waals surface area contributed by atoms with Gasteiger partial charge in [-0.2, -0.15) is 0 Å².